The van der Waals surface area contributed by atoms with E-state index in [9.17, 15) is 0 Å². The summed E-state index contributed by atoms with van der Waals surface area (Å²) >= 11 is 5.29. The first-order chi connectivity index (χ1) is 10.6. The van der Waals surface area contributed by atoms with E-state index in [4.69, 9.17) is 12.2 Å². The summed E-state index contributed by atoms with van der Waals surface area (Å²) < 4.78 is 3.89. The number of hydrogen-bond donors (Lipinski definition) is 2. The topological polar surface area (TPSA) is 59.7 Å². The molecule has 0 saturated carbocycles. The third-order valence-electron chi connectivity index (χ3n) is 3.42. The molecule has 0 bridgehead atoms. The molecule has 22 heavy (non-hydrogen) atoms. The predicted molar refractivity (Wildman–Crippen MR) is 91.7 cm³/mol. The van der Waals surface area contributed by atoms with Gasteiger partial charge in [-0.25, -0.2) is 0 Å². The molecule has 2 aromatic rings. The second kappa shape index (κ2) is 7.93. The average molecular weight is 320 g/mol. The number of thiocarbonyl (C=S) groups is 1. The number of nitrogens with zero attached hydrogens (tertiary/aromatic N) is 4. The fraction of sp³-hybridized carbons (Fsp3) is 0.533. The Morgan fingerprint density at radius 3 is 2.68 bits per heavy atom. The molecule has 7 heteroatoms. The summed E-state index contributed by atoms with van der Waals surface area (Å²) in [7, 11) is 0. The fourth-order valence-electron chi connectivity index (χ4n) is 2.16. The molecule has 0 radical (unpaired) electrons. The summed E-state index contributed by atoms with van der Waals surface area (Å²) in [5, 5.41) is 15.8. The minimum absolute atomic E-state index is 0.681. The van der Waals surface area contributed by atoms with Gasteiger partial charge in [0.15, 0.2) is 5.11 Å². The van der Waals surface area contributed by atoms with Gasteiger partial charge >= 0.3 is 0 Å². The lowest BCUT2D eigenvalue weighted by molar-refractivity contribution is 0.571. The summed E-state index contributed by atoms with van der Waals surface area (Å²) in [5.41, 5.74) is 3.41. The minimum atomic E-state index is 0.681. The van der Waals surface area contributed by atoms with Gasteiger partial charge < -0.3 is 10.6 Å². The van der Waals surface area contributed by atoms with E-state index in [0.717, 1.165) is 31.7 Å². The lowest BCUT2D eigenvalue weighted by Gasteiger charge is -2.10. The summed E-state index contributed by atoms with van der Waals surface area (Å²) in [6.07, 6.45) is 6.96. The van der Waals surface area contributed by atoms with E-state index in [-0.39, 0.29) is 0 Å². The second-order valence-electron chi connectivity index (χ2n) is 5.34. The molecule has 2 rings (SSSR count). The average Bonchev–Trinajstić information content (AvgIpc) is 3.07. The van der Waals surface area contributed by atoms with Crippen molar-refractivity contribution in [2.45, 2.75) is 46.8 Å². The molecule has 0 aliphatic heterocycles. The van der Waals surface area contributed by atoms with Crippen LogP contribution in [0.25, 0.3) is 0 Å². The second-order valence-corrected chi connectivity index (χ2v) is 5.75. The Hall–Kier alpha value is -1.89. The highest BCUT2D eigenvalue weighted by molar-refractivity contribution is 7.80. The Kier molecular flexibility index (Phi) is 5.94. The summed E-state index contributed by atoms with van der Waals surface area (Å²) in [5.74, 6) is 0. The van der Waals surface area contributed by atoms with E-state index < -0.39 is 0 Å². The highest BCUT2D eigenvalue weighted by Crippen LogP contribution is 2.04. The molecule has 0 saturated heterocycles. The maximum Gasteiger partial charge on any atom is 0.166 e. The fourth-order valence-corrected chi connectivity index (χ4v) is 2.34. The van der Waals surface area contributed by atoms with Crippen molar-refractivity contribution in [3.05, 3.63) is 35.4 Å². The number of hydrogen-bond acceptors (Lipinski definition) is 3. The standard InChI is InChI=1S/C15H24N6S/c1-4-20-11-14(13(3)19-20)9-17-15(22)16-6-5-7-21-10-12(2)8-18-21/h8,10-11H,4-7,9H2,1-3H3,(H2,16,17,22). The van der Waals surface area contributed by atoms with Crippen LogP contribution in [-0.2, 0) is 19.6 Å². The molecule has 0 spiro atoms. The van der Waals surface area contributed by atoms with Crippen LogP contribution in [0.1, 0.15) is 30.2 Å². The van der Waals surface area contributed by atoms with E-state index >= 15 is 0 Å². The normalized spacial score (nSPS) is 10.7. The van der Waals surface area contributed by atoms with Crippen molar-refractivity contribution in [1.29, 1.82) is 0 Å². The van der Waals surface area contributed by atoms with Crippen LogP contribution in [0.15, 0.2) is 18.6 Å². The maximum atomic E-state index is 5.29. The minimum Gasteiger partial charge on any atom is -0.363 e. The van der Waals surface area contributed by atoms with Crippen molar-refractivity contribution in [1.82, 2.24) is 30.2 Å². The van der Waals surface area contributed by atoms with Crippen LogP contribution < -0.4 is 10.6 Å². The molecular weight excluding hydrogens is 296 g/mol. The van der Waals surface area contributed by atoms with Gasteiger partial charge in [-0.2, -0.15) is 10.2 Å². The van der Waals surface area contributed by atoms with Gasteiger partial charge in [-0.05, 0) is 45.0 Å². The Morgan fingerprint density at radius 2 is 2.05 bits per heavy atom. The quantitative estimate of drug-likeness (QED) is 0.601. The van der Waals surface area contributed by atoms with Crippen LogP contribution in [-0.4, -0.2) is 31.2 Å². The molecule has 0 amide bonds. The Morgan fingerprint density at radius 1 is 1.23 bits per heavy atom. The molecule has 0 aliphatic rings. The zero-order valence-corrected chi connectivity index (χ0v) is 14.3. The summed E-state index contributed by atoms with van der Waals surface area (Å²) in [6, 6.07) is 0. The van der Waals surface area contributed by atoms with Crippen molar-refractivity contribution in [3.8, 4) is 0 Å². The smallest absolute Gasteiger partial charge is 0.166 e. The molecule has 120 valence electrons. The lowest BCUT2D eigenvalue weighted by atomic mass is 10.3. The van der Waals surface area contributed by atoms with Gasteiger partial charge in [-0.1, -0.05) is 0 Å². The molecule has 0 aromatic carbocycles. The van der Waals surface area contributed by atoms with E-state index in [1.165, 1.54) is 11.1 Å². The van der Waals surface area contributed by atoms with E-state index in [0.29, 0.717) is 11.7 Å². The van der Waals surface area contributed by atoms with Crippen molar-refractivity contribution in [2.24, 2.45) is 0 Å². The van der Waals surface area contributed by atoms with E-state index in [2.05, 4.69) is 34.0 Å². The van der Waals surface area contributed by atoms with Crippen LogP contribution in [0.3, 0.4) is 0 Å². The largest absolute Gasteiger partial charge is 0.363 e. The summed E-state index contributed by atoms with van der Waals surface area (Å²) in [4.78, 5) is 0. The number of nitrogens with one attached hydrogen (secondary N) is 2. The number of rotatable bonds is 7. The van der Waals surface area contributed by atoms with Gasteiger partial charge in [0, 0.05) is 44.1 Å². The van der Waals surface area contributed by atoms with Crippen molar-refractivity contribution >= 4 is 17.3 Å². The van der Waals surface area contributed by atoms with Crippen LogP contribution in [0, 0.1) is 13.8 Å². The number of aromatic nitrogens is 4. The maximum absolute atomic E-state index is 5.29. The molecule has 6 nitrogen and oxygen atoms in total. The van der Waals surface area contributed by atoms with Gasteiger partial charge in [0.1, 0.15) is 0 Å². The summed E-state index contributed by atoms with van der Waals surface area (Å²) in [6.45, 7) is 9.46. The van der Waals surface area contributed by atoms with E-state index in [1.54, 1.807) is 0 Å². The SMILES string of the molecule is CCn1cc(CNC(=S)NCCCn2cc(C)cn2)c(C)n1. The zero-order valence-electron chi connectivity index (χ0n) is 13.5. The monoisotopic (exact) mass is 320 g/mol. The number of aryl methyl sites for hydroxylation is 4. The molecule has 0 atom stereocenters. The lowest BCUT2D eigenvalue weighted by Crippen LogP contribution is -2.35. The first kappa shape index (κ1) is 16.5. The van der Waals surface area contributed by atoms with Crippen molar-refractivity contribution in [3.63, 3.8) is 0 Å². The van der Waals surface area contributed by atoms with Gasteiger partial charge in [-0.15, -0.1) is 0 Å². The molecule has 0 aliphatic carbocycles. The van der Waals surface area contributed by atoms with Gasteiger partial charge in [0.25, 0.3) is 0 Å². The molecule has 0 unspecified atom stereocenters. The van der Waals surface area contributed by atoms with Gasteiger partial charge in [-0.3, -0.25) is 9.36 Å². The molecule has 2 aromatic heterocycles. The Balaban J connectivity index is 1.64. The first-order valence-electron chi connectivity index (χ1n) is 7.62. The van der Waals surface area contributed by atoms with Crippen LogP contribution in [0.4, 0.5) is 0 Å². The van der Waals surface area contributed by atoms with Gasteiger partial charge in [0.2, 0.25) is 0 Å². The van der Waals surface area contributed by atoms with Crippen LogP contribution >= 0.6 is 12.2 Å². The van der Waals surface area contributed by atoms with E-state index in [1.807, 2.05) is 35.6 Å². The third kappa shape index (κ3) is 4.84. The third-order valence-corrected chi connectivity index (χ3v) is 3.71. The zero-order chi connectivity index (χ0) is 15.9. The Labute approximate surface area is 136 Å². The van der Waals surface area contributed by atoms with Crippen LogP contribution in [0.2, 0.25) is 0 Å². The molecule has 0 fully saturated rings. The predicted octanol–water partition coefficient (Wildman–Crippen LogP) is 1.77. The van der Waals surface area contributed by atoms with Crippen molar-refractivity contribution < 1.29 is 0 Å². The highest BCUT2D eigenvalue weighted by Gasteiger charge is 2.04. The molecular formula is C15H24N6S. The van der Waals surface area contributed by atoms with Crippen LogP contribution in [0.5, 0.6) is 0 Å². The van der Waals surface area contributed by atoms with Gasteiger partial charge in [0.05, 0.1) is 11.9 Å². The first-order valence-corrected chi connectivity index (χ1v) is 8.03. The van der Waals surface area contributed by atoms with Crippen molar-refractivity contribution in [2.75, 3.05) is 6.54 Å². The Bertz CT molecular complexity index is 615. The molecule has 2 heterocycles. The highest BCUT2D eigenvalue weighted by atomic mass is 32.1. The molecule has 2 N–H and O–H groups in total.